The normalized spacial score (nSPS) is 11.3. The molecule has 9 heteroatoms. The SMILES string of the molecule is CN(C)c1ccc(-c2nc3ncc(-c4ccc(-c5nc6nccnc6n5-c5ccccc5)cc4)nc3n2-c2ccccc2)cc1. The summed E-state index contributed by atoms with van der Waals surface area (Å²) in [5, 5.41) is 0. The van der Waals surface area contributed by atoms with E-state index in [4.69, 9.17) is 19.9 Å². The molecule has 0 bridgehead atoms. The Bertz CT molecular complexity index is 2270. The van der Waals surface area contributed by atoms with Crippen molar-refractivity contribution in [2.45, 2.75) is 0 Å². The Morgan fingerprint density at radius 1 is 0.489 bits per heavy atom. The van der Waals surface area contributed by atoms with E-state index in [1.54, 1.807) is 18.6 Å². The molecule has 4 heterocycles. The van der Waals surface area contributed by atoms with Crippen molar-refractivity contribution in [1.29, 1.82) is 0 Å². The molecule has 45 heavy (non-hydrogen) atoms. The van der Waals surface area contributed by atoms with Crippen molar-refractivity contribution in [3.63, 3.8) is 0 Å². The van der Waals surface area contributed by atoms with Crippen LogP contribution < -0.4 is 4.90 Å². The molecule has 0 aliphatic carbocycles. The van der Waals surface area contributed by atoms with Gasteiger partial charge in [0.1, 0.15) is 11.6 Å². The number of aromatic nitrogens is 8. The summed E-state index contributed by atoms with van der Waals surface area (Å²) in [4.78, 5) is 30.8. The van der Waals surface area contributed by atoms with Gasteiger partial charge in [-0.3, -0.25) is 9.13 Å². The van der Waals surface area contributed by atoms with Crippen LogP contribution in [0.25, 0.3) is 68.0 Å². The first kappa shape index (κ1) is 26.4. The van der Waals surface area contributed by atoms with Gasteiger partial charge in [-0.1, -0.05) is 60.7 Å². The molecule has 0 aliphatic heterocycles. The average molecular weight is 586 g/mol. The third-order valence-corrected chi connectivity index (χ3v) is 7.78. The molecule has 0 radical (unpaired) electrons. The minimum atomic E-state index is 0.586. The van der Waals surface area contributed by atoms with E-state index in [2.05, 4.69) is 55.8 Å². The molecule has 0 N–H and O–H groups in total. The van der Waals surface area contributed by atoms with Crippen LogP contribution in [0.5, 0.6) is 0 Å². The second-order valence-electron chi connectivity index (χ2n) is 10.8. The van der Waals surface area contributed by atoms with Crippen LogP contribution in [0.4, 0.5) is 5.69 Å². The number of anilines is 1. The van der Waals surface area contributed by atoms with Crippen molar-refractivity contribution in [2.75, 3.05) is 19.0 Å². The fourth-order valence-electron chi connectivity index (χ4n) is 5.53. The molecule has 8 rings (SSSR count). The summed E-state index contributed by atoms with van der Waals surface area (Å²) < 4.78 is 4.11. The first-order chi connectivity index (χ1) is 22.1. The first-order valence-corrected chi connectivity index (χ1v) is 14.6. The molecular formula is C36H27N9. The Hall–Kier alpha value is -6.22. The van der Waals surface area contributed by atoms with Crippen molar-refractivity contribution in [3.8, 4) is 45.4 Å². The molecule has 0 atom stereocenters. The maximum absolute atomic E-state index is 5.10. The van der Waals surface area contributed by atoms with Crippen LogP contribution in [-0.2, 0) is 0 Å². The molecular weight excluding hydrogens is 558 g/mol. The number of imidazole rings is 2. The zero-order valence-corrected chi connectivity index (χ0v) is 24.6. The summed E-state index contributed by atoms with van der Waals surface area (Å²) in [5.41, 5.74) is 9.25. The van der Waals surface area contributed by atoms with Gasteiger partial charge in [0.25, 0.3) is 0 Å². The Morgan fingerprint density at radius 2 is 1.00 bits per heavy atom. The van der Waals surface area contributed by atoms with Gasteiger partial charge in [-0.15, -0.1) is 0 Å². The van der Waals surface area contributed by atoms with Crippen LogP contribution in [-0.4, -0.2) is 53.1 Å². The molecule has 0 saturated carbocycles. The lowest BCUT2D eigenvalue weighted by Gasteiger charge is -2.13. The monoisotopic (exact) mass is 585 g/mol. The summed E-state index contributed by atoms with van der Waals surface area (Å²) in [6, 6.07) is 36.8. The van der Waals surface area contributed by atoms with Crippen molar-refractivity contribution < 1.29 is 0 Å². The quantitative estimate of drug-likeness (QED) is 0.207. The third kappa shape index (κ3) is 4.67. The van der Waals surface area contributed by atoms with Gasteiger partial charge in [-0.25, -0.2) is 29.9 Å². The minimum absolute atomic E-state index is 0.586. The lowest BCUT2D eigenvalue weighted by atomic mass is 10.1. The molecule has 9 nitrogen and oxygen atoms in total. The summed E-state index contributed by atoms with van der Waals surface area (Å²) >= 11 is 0. The number of rotatable bonds is 6. The predicted molar refractivity (Wildman–Crippen MR) is 178 cm³/mol. The molecule has 0 amide bonds. The van der Waals surface area contributed by atoms with Gasteiger partial charge in [-0.2, -0.15) is 0 Å². The fourth-order valence-corrected chi connectivity index (χ4v) is 5.53. The molecule has 0 unspecified atom stereocenters. The van der Waals surface area contributed by atoms with Crippen LogP contribution in [0, 0.1) is 0 Å². The number of hydrogen-bond acceptors (Lipinski definition) is 7. The molecule has 0 spiro atoms. The number of nitrogens with zero attached hydrogens (tertiary/aromatic N) is 9. The average Bonchev–Trinajstić information content (AvgIpc) is 3.68. The van der Waals surface area contributed by atoms with Crippen molar-refractivity contribution in [2.24, 2.45) is 0 Å². The van der Waals surface area contributed by atoms with Crippen LogP contribution in [0.2, 0.25) is 0 Å². The predicted octanol–water partition coefficient (Wildman–Crippen LogP) is 7.01. The van der Waals surface area contributed by atoms with E-state index in [0.717, 1.165) is 51.1 Å². The molecule has 0 saturated heterocycles. The zero-order valence-electron chi connectivity index (χ0n) is 24.6. The standard InChI is InChI=1S/C36H27N9/c1-43(2)27-19-17-26(18-20-27)34-42-32-36(45(34)29-11-7-4-8-12-29)40-30(23-39-32)24-13-15-25(16-14-24)33-41-31-35(38-22-21-37-31)44(33)28-9-5-3-6-10-28/h3-23H,1-2H3. The van der Waals surface area contributed by atoms with Crippen molar-refractivity contribution in [1.82, 2.24) is 39.0 Å². The molecule has 4 aromatic heterocycles. The molecule has 0 fully saturated rings. The van der Waals surface area contributed by atoms with Crippen LogP contribution in [0.3, 0.4) is 0 Å². The van der Waals surface area contributed by atoms with Crippen LogP contribution >= 0.6 is 0 Å². The summed E-state index contributed by atoms with van der Waals surface area (Å²) in [5.74, 6) is 1.55. The molecule has 216 valence electrons. The second-order valence-corrected chi connectivity index (χ2v) is 10.8. The Morgan fingerprint density at radius 3 is 1.60 bits per heavy atom. The highest BCUT2D eigenvalue weighted by atomic mass is 15.2. The van der Waals surface area contributed by atoms with E-state index in [0.29, 0.717) is 22.6 Å². The van der Waals surface area contributed by atoms with Gasteiger partial charge in [0.05, 0.1) is 11.9 Å². The number of fused-ring (bicyclic) bond motifs is 2. The lowest BCUT2D eigenvalue weighted by molar-refractivity contribution is 1.07. The highest BCUT2D eigenvalue weighted by Crippen LogP contribution is 2.31. The van der Waals surface area contributed by atoms with Gasteiger partial charge >= 0.3 is 0 Å². The Labute approximate surface area is 259 Å². The van der Waals surface area contributed by atoms with Crippen molar-refractivity contribution >= 4 is 28.3 Å². The van der Waals surface area contributed by atoms with Crippen molar-refractivity contribution in [3.05, 3.63) is 128 Å². The third-order valence-electron chi connectivity index (χ3n) is 7.78. The fraction of sp³-hybridized carbons (Fsp3) is 0.0556. The molecule has 4 aromatic carbocycles. The topological polar surface area (TPSA) is 90.4 Å². The minimum Gasteiger partial charge on any atom is -0.378 e. The van der Waals surface area contributed by atoms with Gasteiger partial charge in [-0.05, 0) is 48.5 Å². The summed E-state index contributed by atoms with van der Waals surface area (Å²) in [6.07, 6.45) is 5.14. The van der Waals surface area contributed by atoms with Crippen LogP contribution in [0.1, 0.15) is 0 Å². The summed E-state index contributed by atoms with van der Waals surface area (Å²) in [7, 11) is 4.06. The van der Waals surface area contributed by atoms with Gasteiger partial charge in [0.2, 0.25) is 0 Å². The largest absolute Gasteiger partial charge is 0.378 e. The maximum Gasteiger partial charge on any atom is 0.198 e. The first-order valence-electron chi connectivity index (χ1n) is 14.6. The number of para-hydroxylation sites is 2. The Kier molecular flexibility index (Phi) is 6.34. The van der Waals surface area contributed by atoms with Gasteiger partial charge in [0, 0.05) is 60.2 Å². The van der Waals surface area contributed by atoms with E-state index >= 15 is 0 Å². The van der Waals surface area contributed by atoms with Gasteiger partial charge < -0.3 is 4.90 Å². The highest BCUT2D eigenvalue weighted by molar-refractivity contribution is 5.81. The van der Waals surface area contributed by atoms with E-state index in [1.807, 2.05) is 91.5 Å². The molecule has 8 aromatic rings. The maximum atomic E-state index is 5.10. The van der Waals surface area contributed by atoms with E-state index in [-0.39, 0.29) is 0 Å². The van der Waals surface area contributed by atoms with Crippen LogP contribution in [0.15, 0.2) is 128 Å². The number of benzene rings is 4. The Balaban J connectivity index is 1.22. The van der Waals surface area contributed by atoms with E-state index < -0.39 is 0 Å². The summed E-state index contributed by atoms with van der Waals surface area (Å²) in [6.45, 7) is 0. The second kappa shape index (κ2) is 10.8. The lowest BCUT2D eigenvalue weighted by Crippen LogP contribution is -2.08. The zero-order chi connectivity index (χ0) is 30.3. The molecule has 0 aliphatic rings. The highest BCUT2D eigenvalue weighted by Gasteiger charge is 2.19. The van der Waals surface area contributed by atoms with Gasteiger partial charge in [0.15, 0.2) is 22.6 Å². The van der Waals surface area contributed by atoms with E-state index in [1.165, 1.54) is 0 Å². The number of hydrogen-bond donors (Lipinski definition) is 0. The smallest absolute Gasteiger partial charge is 0.198 e. The van der Waals surface area contributed by atoms with E-state index in [9.17, 15) is 0 Å².